The zero-order chi connectivity index (χ0) is 15.3. The Morgan fingerprint density at radius 3 is 2.67 bits per heavy atom. The van der Waals surface area contributed by atoms with Gasteiger partial charge in [0.05, 0.1) is 11.7 Å². The van der Waals surface area contributed by atoms with E-state index in [0.717, 1.165) is 5.92 Å². The summed E-state index contributed by atoms with van der Waals surface area (Å²) in [6.45, 7) is 11.8. The van der Waals surface area contributed by atoms with E-state index in [4.69, 9.17) is 4.74 Å². The molecule has 2 aliphatic carbocycles. The summed E-state index contributed by atoms with van der Waals surface area (Å²) in [6, 6.07) is 0. The van der Waals surface area contributed by atoms with Crippen molar-refractivity contribution in [2.24, 2.45) is 11.3 Å². The molecule has 1 heteroatoms. The molecule has 0 aromatic carbocycles. The van der Waals surface area contributed by atoms with E-state index in [2.05, 4.69) is 40.7 Å². The third-order valence-corrected chi connectivity index (χ3v) is 6.52. The summed E-state index contributed by atoms with van der Waals surface area (Å²) in [5, 5.41) is 0. The number of hydrogen-bond acceptors (Lipinski definition) is 1. The van der Waals surface area contributed by atoms with Gasteiger partial charge in [-0.1, -0.05) is 29.7 Å². The molecule has 1 saturated heterocycles. The lowest BCUT2D eigenvalue weighted by molar-refractivity contribution is 0.189. The standard InChI is InChI=1S/C20H32O/c1-14(2)16-10-12-19(4)13-18-20(5,21-18)11-6-7-15(3)8-9-17(16)19/h7,17-18H,6,8-13H2,1-5H3/b15-7+/t17-,18-,19+,20-/m1/s1. The molecule has 1 saturated carbocycles. The average molecular weight is 288 g/mol. The van der Waals surface area contributed by atoms with Gasteiger partial charge in [0.1, 0.15) is 0 Å². The third-order valence-electron chi connectivity index (χ3n) is 6.52. The molecule has 1 aliphatic heterocycles. The SMILES string of the molecule is CC(C)=C1CC[C@@]2(C)C[C@H]3O[C@]3(C)CC/C=C(\C)CC[C@H]12. The molecule has 0 spiro atoms. The molecule has 0 radical (unpaired) electrons. The van der Waals surface area contributed by atoms with E-state index < -0.39 is 0 Å². The first kappa shape index (κ1) is 15.3. The van der Waals surface area contributed by atoms with E-state index >= 15 is 0 Å². The van der Waals surface area contributed by atoms with Crippen LogP contribution in [-0.4, -0.2) is 11.7 Å². The first-order valence-corrected chi connectivity index (χ1v) is 8.84. The van der Waals surface area contributed by atoms with E-state index in [1.807, 2.05) is 0 Å². The van der Waals surface area contributed by atoms with E-state index in [1.54, 1.807) is 16.7 Å². The Morgan fingerprint density at radius 1 is 1.19 bits per heavy atom. The molecule has 0 aromatic rings. The second-order valence-electron chi connectivity index (χ2n) is 8.48. The molecule has 1 nitrogen and oxygen atoms in total. The van der Waals surface area contributed by atoms with Crippen LogP contribution in [0, 0.1) is 11.3 Å². The van der Waals surface area contributed by atoms with Gasteiger partial charge in [-0.05, 0) is 84.0 Å². The maximum atomic E-state index is 6.14. The highest BCUT2D eigenvalue weighted by molar-refractivity contribution is 5.23. The zero-order valence-corrected chi connectivity index (χ0v) is 14.6. The highest BCUT2D eigenvalue weighted by Gasteiger charge is 2.56. The highest BCUT2D eigenvalue weighted by atomic mass is 16.6. The Bertz CT molecular complexity index is 482. The Balaban J connectivity index is 1.89. The van der Waals surface area contributed by atoms with Gasteiger partial charge in [-0.3, -0.25) is 0 Å². The second kappa shape index (κ2) is 5.26. The predicted octanol–water partition coefficient (Wildman–Crippen LogP) is 5.81. The van der Waals surface area contributed by atoms with Gasteiger partial charge in [-0.15, -0.1) is 0 Å². The minimum absolute atomic E-state index is 0.169. The van der Waals surface area contributed by atoms with Gasteiger partial charge in [-0.2, -0.15) is 0 Å². The maximum absolute atomic E-state index is 6.14. The number of epoxide rings is 1. The van der Waals surface area contributed by atoms with Crippen molar-refractivity contribution in [3.05, 3.63) is 22.8 Å². The molecule has 21 heavy (non-hydrogen) atoms. The Kier molecular flexibility index (Phi) is 3.84. The zero-order valence-electron chi connectivity index (χ0n) is 14.6. The molecular formula is C20H32O. The molecule has 3 aliphatic rings. The molecule has 1 heterocycles. The lowest BCUT2D eigenvalue weighted by Gasteiger charge is -2.33. The topological polar surface area (TPSA) is 12.5 Å². The van der Waals surface area contributed by atoms with Crippen LogP contribution in [0.25, 0.3) is 0 Å². The fourth-order valence-corrected chi connectivity index (χ4v) is 4.83. The number of allylic oxidation sites excluding steroid dienone is 4. The minimum Gasteiger partial charge on any atom is -0.366 e. The maximum Gasteiger partial charge on any atom is 0.0923 e. The van der Waals surface area contributed by atoms with Crippen molar-refractivity contribution in [1.29, 1.82) is 0 Å². The first-order valence-electron chi connectivity index (χ1n) is 8.84. The van der Waals surface area contributed by atoms with Gasteiger partial charge in [0, 0.05) is 0 Å². The van der Waals surface area contributed by atoms with Crippen molar-refractivity contribution in [3.63, 3.8) is 0 Å². The summed E-state index contributed by atoms with van der Waals surface area (Å²) in [5.41, 5.74) is 5.54. The van der Waals surface area contributed by atoms with Crippen LogP contribution in [0.1, 0.15) is 79.6 Å². The predicted molar refractivity (Wildman–Crippen MR) is 89.3 cm³/mol. The molecule has 4 atom stereocenters. The number of ether oxygens (including phenoxy) is 1. The van der Waals surface area contributed by atoms with Gasteiger partial charge in [0.15, 0.2) is 0 Å². The molecule has 3 rings (SSSR count). The van der Waals surface area contributed by atoms with Gasteiger partial charge in [0.25, 0.3) is 0 Å². The summed E-state index contributed by atoms with van der Waals surface area (Å²) >= 11 is 0. The molecule has 0 aromatic heterocycles. The normalized spacial score (nSPS) is 46.0. The summed E-state index contributed by atoms with van der Waals surface area (Å²) in [6.07, 6.45) is 11.9. The molecule has 118 valence electrons. The van der Waals surface area contributed by atoms with Gasteiger partial charge < -0.3 is 4.74 Å². The van der Waals surface area contributed by atoms with Crippen LogP contribution in [0.2, 0.25) is 0 Å². The smallest absolute Gasteiger partial charge is 0.0923 e. The second-order valence-corrected chi connectivity index (χ2v) is 8.48. The molecular weight excluding hydrogens is 256 g/mol. The Hall–Kier alpha value is -0.560. The fourth-order valence-electron chi connectivity index (χ4n) is 4.83. The number of fused-ring (bicyclic) bond motifs is 2. The summed E-state index contributed by atoms with van der Waals surface area (Å²) in [4.78, 5) is 0. The third kappa shape index (κ3) is 2.86. The molecule has 2 fully saturated rings. The van der Waals surface area contributed by atoms with E-state index in [0.29, 0.717) is 11.5 Å². The van der Waals surface area contributed by atoms with Crippen LogP contribution < -0.4 is 0 Å². The summed E-state index contributed by atoms with van der Waals surface area (Å²) < 4.78 is 6.14. The van der Waals surface area contributed by atoms with E-state index in [9.17, 15) is 0 Å². The number of rotatable bonds is 0. The molecule has 0 bridgehead atoms. The van der Waals surface area contributed by atoms with Crippen molar-refractivity contribution in [1.82, 2.24) is 0 Å². The van der Waals surface area contributed by atoms with Gasteiger partial charge in [0.2, 0.25) is 0 Å². The van der Waals surface area contributed by atoms with Crippen molar-refractivity contribution in [3.8, 4) is 0 Å². The minimum atomic E-state index is 0.169. The number of hydrogen-bond donors (Lipinski definition) is 0. The lowest BCUT2D eigenvalue weighted by atomic mass is 9.71. The summed E-state index contributed by atoms with van der Waals surface area (Å²) in [7, 11) is 0. The van der Waals surface area contributed by atoms with Crippen molar-refractivity contribution in [2.75, 3.05) is 0 Å². The van der Waals surface area contributed by atoms with E-state index in [1.165, 1.54) is 44.9 Å². The highest BCUT2D eigenvalue weighted by Crippen LogP contribution is 2.57. The van der Waals surface area contributed by atoms with Crippen LogP contribution in [0.4, 0.5) is 0 Å². The Labute approximate surface area is 130 Å². The largest absolute Gasteiger partial charge is 0.366 e. The Morgan fingerprint density at radius 2 is 1.95 bits per heavy atom. The van der Waals surface area contributed by atoms with Crippen LogP contribution in [0.15, 0.2) is 22.8 Å². The van der Waals surface area contributed by atoms with Crippen molar-refractivity contribution >= 4 is 0 Å². The molecule has 0 amide bonds. The molecule has 0 N–H and O–H groups in total. The van der Waals surface area contributed by atoms with Crippen molar-refractivity contribution < 1.29 is 4.74 Å². The van der Waals surface area contributed by atoms with Gasteiger partial charge >= 0.3 is 0 Å². The van der Waals surface area contributed by atoms with Crippen LogP contribution in [0.3, 0.4) is 0 Å². The fraction of sp³-hybridized carbons (Fsp3) is 0.800. The van der Waals surface area contributed by atoms with Crippen LogP contribution >= 0.6 is 0 Å². The van der Waals surface area contributed by atoms with Crippen LogP contribution in [0.5, 0.6) is 0 Å². The van der Waals surface area contributed by atoms with Crippen LogP contribution in [-0.2, 0) is 4.74 Å². The van der Waals surface area contributed by atoms with Gasteiger partial charge in [-0.25, -0.2) is 0 Å². The lowest BCUT2D eigenvalue weighted by Crippen LogP contribution is -2.26. The van der Waals surface area contributed by atoms with Crippen molar-refractivity contribution in [2.45, 2.75) is 91.3 Å². The molecule has 0 unspecified atom stereocenters. The monoisotopic (exact) mass is 288 g/mol. The first-order chi connectivity index (χ1) is 9.84. The average Bonchev–Trinajstić information content (AvgIpc) is 2.88. The quantitative estimate of drug-likeness (QED) is 0.405. The van der Waals surface area contributed by atoms with E-state index in [-0.39, 0.29) is 5.60 Å². The summed E-state index contributed by atoms with van der Waals surface area (Å²) in [5.74, 6) is 0.775.